The predicted molar refractivity (Wildman–Crippen MR) is 85.3 cm³/mol. The number of imidazole rings is 1. The van der Waals surface area contributed by atoms with Crippen LogP contribution >= 0.6 is 15.9 Å². The predicted octanol–water partition coefficient (Wildman–Crippen LogP) is 3.33. The van der Waals surface area contributed by atoms with Crippen molar-refractivity contribution in [2.45, 2.75) is 31.3 Å². The van der Waals surface area contributed by atoms with Gasteiger partial charge in [-0.05, 0) is 25.0 Å². The van der Waals surface area contributed by atoms with Gasteiger partial charge in [-0.3, -0.25) is 0 Å². The van der Waals surface area contributed by atoms with Crippen molar-refractivity contribution in [1.82, 2.24) is 14.3 Å². The molecule has 1 heterocycles. The van der Waals surface area contributed by atoms with Crippen LogP contribution < -0.4 is 0 Å². The molecule has 0 saturated heterocycles. The molecule has 0 aliphatic heterocycles. The molecule has 1 unspecified atom stereocenters. The van der Waals surface area contributed by atoms with Gasteiger partial charge in [0.25, 0.3) is 10.0 Å². The minimum absolute atomic E-state index is 0.120. The second-order valence-electron chi connectivity index (χ2n) is 4.73. The van der Waals surface area contributed by atoms with Gasteiger partial charge in [0.2, 0.25) is 0 Å². The molecule has 0 radical (unpaired) electrons. The SMILES string of the molecule is CCCN(C(C)c1ccccc1Br)S(=O)(=O)c1cnc[nH]1. The number of sulfonamides is 1. The molecule has 1 atom stereocenters. The summed E-state index contributed by atoms with van der Waals surface area (Å²) >= 11 is 3.49. The standard InChI is InChI=1S/C14H18BrN3O2S/c1-3-8-18(21(19,20)14-9-16-10-17-14)11(2)12-6-4-5-7-13(12)15/h4-7,9-11H,3,8H2,1-2H3,(H,16,17). The quantitative estimate of drug-likeness (QED) is 0.846. The Morgan fingerprint density at radius 3 is 2.67 bits per heavy atom. The third kappa shape index (κ3) is 3.36. The van der Waals surface area contributed by atoms with Crippen LogP contribution in [-0.4, -0.2) is 29.2 Å². The summed E-state index contributed by atoms with van der Waals surface area (Å²) in [5.74, 6) is 0. The molecule has 7 heteroatoms. The second-order valence-corrected chi connectivity index (χ2v) is 7.44. The molecule has 1 N–H and O–H groups in total. The minimum Gasteiger partial charge on any atom is -0.335 e. The van der Waals surface area contributed by atoms with Gasteiger partial charge in [0.15, 0.2) is 5.03 Å². The molecular weight excluding hydrogens is 354 g/mol. The van der Waals surface area contributed by atoms with Crippen molar-refractivity contribution in [3.63, 3.8) is 0 Å². The largest absolute Gasteiger partial charge is 0.335 e. The van der Waals surface area contributed by atoms with Gasteiger partial charge in [-0.1, -0.05) is 41.1 Å². The highest BCUT2D eigenvalue weighted by Gasteiger charge is 2.31. The molecular formula is C14H18BrN3O2S. The minimum atomic E-state index is -3.59. The number of H-pyrrole nitrogens is 1. The van der Waals surface area contributed by atoms with E-state index < -0.39 is 10.0 Å². The zero-order valence-electron chi connectivity index (χ0n) is 12.0. The van der Waals surface area contributed by atoms with Gasteiger partial charge in [0.05, 0.1) is 12.5 Å². The van der Waals surface area contributed by atoms with E-state index in [9.17, 15) is 8.42 Å². The van der Waals surface area contributed by atoms with E-state index >= 15 is 0 Å². The normalized spacial score (nSPS) is 13.5. The van der Waals surface area contributed by atoms with Gasteiger partial charge in [-0.2, -0.15) is 4.31 Å². The first-order chi connectivity index (χ1) is 9.98. The fourth-order valence-corrected chi connectivity index (χ4v) is 4.44. The first-order valence-corrected chi connectivity index (χ1v) is 8.96. The highest BCUT2D eigenvalue weighted by molar-refractivity contribution is 9.10. The lowest BCUT2D eigenvalue weighted by molar-refractivity contribution is 0.340. The Morgan fingerprint density at radius 1 is 1.38 bits per heavy atom. The van der Waals surface area contributed by atoms with Crippen LogP contribution in [0.3, 0.4) is 0 Å². The molecule has 0 aliphatic rings. The highest BCUT2D eigenvalue weighted by Crippen LogP contribution is 2.31. The van der Waals surface area contributed by atoms with E-state index in [0.29, 0.717) is 6.54 Å². The molecule has 2 rings (SSSR count). The van der Waals surface area contributed by atoms with E-state index in [1.165, 1.54) is 16.8 Å². The van der Waals surface area contributed by atoms with E-state index in [1.807, 2.05) is 38.1 Å². The maximum atomic E-state index is 12.7. The van der Waals surface area contributed by atoms with Crippen molar-refractivity contribution in [2.24, 2.45) is 0 Å². The average molecular weight is 372 g/mol. The lowest BCUT2D eigenvalue weighted by atomic mass is 10.1. The summed E-state index contributed by atoms with van der Waals surface area (Å²) in [6.07, 6.45) is 3.45. The second kappa shape index (κ2) is 6.72. The third-order valence-corrected chi connectivity index (χ3v) is 5.91. The van der Waals surface area contributed by atoms with Gasteiger partial charge in [-0.25, -0.2) is 13.4 Å². The zero-order chi connectivity index (χ0) is 15.5. The Balaban J connectivity index is 2.42. The number of nitrogens with zero attached hydrogens (tertiary/aromatic N) is 2. The summed E-state index contributed by atoms with van der Waals surface area (Å²) in [6, 6.07) is 7.39. The molecule has 0 amide bonds. The molecule has 0 spiro atoms. The van der Waals surface area contributed by atoms with Crippen molar-refractivity contribution < 1.29 is 8.42 Å². The van der Waals surface area contributed by atoms with Crippen LogP contribution in [0.15, 0.2) is 46.3 Å². The van der Waals surface area contributed by atoms with Crippen LogP contribution in [0.2, 0.25) is 0 Å². The van der Waals surface area contributed by atoms with E-state index in [0.717, 1.165) is 16.5 Å². The number of nitrogens with one attached hydrogen (secondary N) is 1. The van der Waals surface area contributed by atoms with Crippen LogP contribution in [0.4, 0.5) is 0 Å². The van der Waals surface area contributed by atoms with E-state index in [1.54, 1.807) is 0 Å². The summed E-state index contributed by atoms with van der Waals surface area (Å²) in [5.41, 5.74) is 0.939. The van der Waals surface area contributed by atoms with Gasteiger partial charge >= 0.3 is 0 Å². The maximum absolute atomic E-state index is 12.7. The van der Waals surface area contributed by atoms with Crippen LogP contribution in [0.25, 0.3) is 0 Å². The smallest absolute Gasteiger partial charge is 0.260 e. The van der Waals surface area contributed by atoms with Gasteiger partial charge < -0.3 is 4.98 Å². The van der Waals surface area contributed by atoms with Crippen molar-refractivity contribution >= 4 is 26.0 Å². The molecule has 21 heavy (non-hydrogen) atoms. The Hall–Kier alpha value is -1.18. The molecule has 5 nitrogen and oxygen atoms in total. The topological polar surface area (TPSA) is 66.1 Å². The Kier molecular flexibility index (Phi) is 5.18. The zero-order valence-corrected chi connectivity index (χ0v) is 14.4. The monoisotopic (exact) mass is 371 g/mol. The maximum Gasteiger partial charge on any atom is 0.260 e. The van der Waals surface area contributed by atoms with Crippen LogP contribution in [0, 0.1) is 0 Å². The van der Waals surface area contributed by atoms with Crippen molar-refractivity contribution in [3.8, 4) is 0 Å². The van der Waals surface area contributed by atoms with Crippen molar-refractivity contribution in [3.05, 3.63) is 46.8 Å². The first-order valence-electron chi connectivity index (χ1n) is 6.73. The number of halogens is 1. The number of benzene rings is 1. The Bertz CT molecular complexity index is 686. The molecule has 0 bridgehead atoms. The fraction of sp³-hybridized carbons (Fsp3) is 0.357. The van der Waals surface area contributed by atoms with Crippen molar-refractivity contribution in [1.29, 1.82) is 0 Å². The van der Waals surface area contributed by atoms with Crippen LogP contribution in [0.5, 0.6) is 0 Å². The summed E-state index contributed by atoms with van der Waals surface area (Å²) < 4.78 is 27.9. The molecule has 1 aromatic heterocycles. The lowest BCUT2D eigenvalue weighted by Gasteiger charge is -2.28. The molecule has 0 saturated carbocycles. The number of rotatable bonds is 6. The number of hydrogen-bond donors (Lipinski definition) is 1. The summed E-state index contributed by atoms with van der Waals surface area (Å²) in [7, 11) is -3.59. The lowest BCUT2D eigenvalue weighted by Crippen LogP contribution is -2.34. The third-order valence-electron chi connectivity index (χ3n) is 3.29. The number of aromatic nitrogens is 2. The fourth-order valence-electron chi connectivity index (χ4n) is 2.22. The van der Waals surface area contributed by atoms with E-state index in [-0.39, 0.29) is 11.1 Å². The number of aromatic amines is 1. The average Bonchev–Trinajstić information content (AvgIpc) is 2.99. The van der Waals surface area contributed by atoms with Crippen LogP contribution in [0.1, 0.15) is 31.9 Å². The number of hydrogen-bond acceptors (Lipinski definition) is 3. The molecule has 114 valence electrons. The first kappa shape index (κ1) is 16.2. The Morgan fingerprint density at radius 2 is 2.10 bits per heavy atom. The van der Waals surface area contributed by atoms with Crippen molar-refractivity contribution in [2.75, 3.05) is 6.54 Å². The summed E-state index contributed by atoms with van der Waals surface area (Å²) in [4.78, 5) is 6.49. The van der Waals surface area contributed by atoms with E-state index in [4.69, 9.17) is 0 Å². The molecule has 2 aromatic rings. The van der Waals surface area contributed by atoms with E-state index in [2.05, 4.69) is 25.9 Å². The van der Waals surface area contributed by atoms with Gasteiger partial charge in [-0.15, -0.1) is 0 Å². The van der Waals surface area contributed by atoms with Gasteiger partial charge in [0.1, 0.15) is 0 Å². The van der Waals surface area contributed by atoms with Gasteiger partial charge in [0, 0.05) is 17.1 Å². The van der Waals surface area contributed by atoms with Crippen LogP contribution in [-0.2, 0) is 10.0 Å². The highest BCUT2D eigenvalue weighted by atomic mass is 79.9. The molecule has 0 fully saturated rings. The molecule has 1 aromatic carbocycles. The summed E-state index contributed by atoms with van der Waals surface area (Å²) in [5, 5.41) is 0.120. The molecule has 0 aliphatic carbocycles. The summed E-state index contributed by atoms with van der Waals surface area (Å²) in [6.45, 7) is 4.30. The Labute approximate surface area is 133 Å².